The highest BCUT2D eigenvalue weighted by Crippen LogP contribution is 2.31. The molecule has 1 unspecified atom stereocenters. The maximum Gasteiger partial charge on any atom is 0.325 e. The molecule has 1 saturated heterocycles. The second kappa shape index (κ2) is 6.17. The number of hydrogen-bond acceptors (Lipinski definition) is 4. The van der Waals surface area contributed by atoms with E-state index in [0.29, 0.717) is 5.56 Å². The van der Waals surface area contributed by atoms with E-state index >= 15 is 0 Å². The third kappa shape index (κ3) is 2.87. The zero-order chi connectivity index (χ0) is 19.1. The molecule has 2 aromatic carbocycles. The van der Waals surface area contributed by atoms with Crippen molar-refractivity contribution in [1.82, 2.24) is 10.2 Å². The Morgan fingerprint density at radius 2 is 1.88 bits per heavy atom. The molecule has 0 radical (unpaired) electrons. The van der Waals surface area contributed by atoms with Crippen molar-refractivity contribution in [1.29, 1.82) is 0 Å². The van der Waals surface area contributed by atoms with E-state index in [1.54, 1.807) is 6.07 Å². The van der Waals surface area contributed by atoms with E-state index in [2.05, 4.69) is 5.32 Å². The lowest BCUT2D eigenvalue weighted by Gasteiger charge is -2.22. The number of nitro benzene ring substituents is 1. The van der Waals surface area contributed by atoms with Crippen molar-refractivity contribution in [3.05, 3.63) is 75.3 Å². The van der Waals surface area contributed by atoms with Crippen LogP contribution in [0.1, 0.15) is 18.1 Å². The number of urea groups is 1. The van der Waals surface area contributed by atoms with Crippen LogP contribution in [0.2, 0.25) is 0 Å². The van der Waals surface area contributed by atoms with Gasteiger partial charge in [-0.1, -0.05) is 18.2 Å². The van der Waals surface area contributed by atoms with Crippen LogP contribution in [-0.2, 0) is 16.9 Å². The number of nitrogens with one attached hydrogen (secondary N) is 1. The van der Waals surface area contributed by atoms with Crippen molar-refractivity contribution in [2.45, 2.75) is 19.0 Å². The van der Waals surface area contributed by atoms with E-state index in [-0.39, 0.29) is 17.8 Å². The summed E-state index contributed by atoms with van der Waals surface area (Å²) in [6.45, 7) is 1.19. The molecule has 3 rings (SSSR count). The molecular formula is C17H13F2N3O4. The zero-order valence-corrected chi connectivity index (χ0v) is 13.5. The Kier molecular flexibility index (Phi) is 4.15. The second-order valence-electron chi connectivity index (χ2n) is 6.00. The molecule has 26 heavy (non-hydrogen) atoms. The Morgan fingerprint density at radius 3 is 2.54 bits per heavy atom. The number of nitro groups is 1. The summed E-state index contributed by atoms with van der Waals surface area (Å²) in [7, 11) is 0. The summed E-state index contributed by atoms with van der Waals surface area (Å²) in [5.74, 6) is -2.87. The molecule has 1 fully saturated rings. The SMILES string of the molecule is CC1(c2ccc(F)c(F)c2)NC(=O)N(Cc2cccc([N+](=O)[O-])c2)C1=O. The average Bonchev–Trinajstić information content (AvgIpc) is 2.82. The zero-order valence-electron chi connectivity index (χ0n) is 13.5. The second-order valence-corrected chi connectivity index (χ2v) is 6.00. The minimum absolute atomic E-state index is 0.0938. The number of benzene rings is 2. The molecule has 3 amide bonds. The van der Waals surface area contributed by atoms with Gasteiger partial charge in [-0.25, -0.2) is 13.6 Å². The minimum atomic E-state index is -1.56. The molecule has 134 valence electrons. The van der Waals surface area contributed by atoms with Crippen LogP contribution in [0, 0.1) is 21.7 Å². The van der Waals surface area contributed by atoms with Gasteiger partial charge in [-0.15, -0.1) is 0 Å². The van der Waals surface area contributed by atoms with Gasteiger partial charge in [0.2, 0.25) is 0 Å². The van der Waals surface area contributed by atoms with Gasteiger partial charge in [0, 0.05) is 12.1 Å². The average molecular weight is 361 g/mol. The number of halogens is 2. The highest BCUT2D eigenvalue weighted by atomic mass is 19.2. The minimum Gasteiger partial charge on any atom is -0.319 e. The summed E-state index contributed by atoms with van der Waals surface area (Å²) in [6.07, 6.45) is 0. The predicted molar refractivity (Wildman–Crippen MR) is 85.9 cm³/mol. The van der Waals surface area contributed by atoms with Gasteiger partial charge in [0.05, 0.1) is 11.5 Å². The standard InChI is InChI=1S/C17H13F2N3O4/c1-17(11-5-6-13(18)14(19)8-11)15(23)21(16(24)20-17)9-10-3-2-4-12(7-10)22(25)26/h2-8H,9H2,1H3,(H,20,24). The maximum absolute atomic E-state index is 13.5. The van der Waals surface area contributed by atoms with Crippen molar-refractivity contribution in [3.63, 3.8) is 0 Å². The molecule has 1 atom stereocenters. The van der Waals surface area contributed by atoms with E-state index in [1.807, 2.05) is 0 Å². The maximum atomic E-state index is 13.5. The van der Waals surface area contributed by atoms with Gasteiger partial charge in [0.1, 0.15) is 5.54 Å². The van der Waals surface area contributed by atoms with Crippen molar-refractivity contribution in [3.8, 4) is 0 Å². The third-order valence-electron chi connectivity index (χ3n) is 4.23. The summed E-state index contributed by atoms with van der Waals surface area (Å²) in [6, 6.07) is 7.75. The molecule has 0 saturated carbocycles. The van der Waals surface area contributed by atoms with Crippen molar-refractivity contribution in [2.75, 3.05) is 0 Å². The number of hydrogen-bond donors (Lipinski definition) is 1. The molecule has 0 aromatic heterocycles. The number of carbonyl (C=O) groups excluding carboxylic acids is 2. The highest BCUT2D eigenvalue weighted by Gasteiger charge is 2.49. The fraction of sp³-hybridized carbons (Fsp3) is 0.176. The normalized spacial score (nSPS) is 19.6. The number of imide groups is 1. The van der Waals surface area contributed by atoms with E-state index in [0.717, 1.165) is 17.0 Å². The van der Waals surface area contributed by atoms with Gasteiger partial charge in [-0.3, -0.25) is 19.8 Å². The van der Waals surface area contributed by atoms with Crippen molar-refractivity contribution < 1.29 is 23.3 Å². The topological polar surface area (TPSA) is 92.6 Å². The number of amides is 3. The molecular weight excluding hydrogens is 348 g/mol. The van der Waals surface area contributed by atoms with Gasteiger partial charge in [-0.05, 0) is 30.2 Å². The molecule has 1 heterocycles. The first-order valence-electron chi connectivity index (χ1n) is 7.55. The Morgan fingerprint density at radius 1 is 1.15 bits per heavy atom. The summed E-state index contributed by atoms with van der Waals surface area (Å²) >= 11 is 0. The van der Waals surface area contributed by atoms with Gasteiger partial charge in [-0.2, -0.15) is 0 Å². The molecule has 9 heteroatoms. The number of non-ortho nitro benzene ring substituents is 1. The van der Waals surface area contributed by atoms with E-state index < -0.39 is 34.0 Å². The summed E-state index contributed by atoms with van der Waals surface area (Å²) < 4.78 is 26.7. The van der Waals surface area contributed by atoms with Crippen LogP contribution in [0.3, 0.4) is 0 Å². The van der Waals surface area contributed by atoms with Crippen LogP contribution in [0.4, 0.5) is 19.3 Å². The first-order valence-corrected chi connectivity index (χ1v) is 7.55. The monoisotopic (exact) mass is 361 g/mol. The lowest BCUT2D eigenvalue weighted by atomic mass is 9.92. The van der Waals surface area contributed by atoms with E-state index in [9.17, 15) is 28.5 Å². The third-order valence-corrected chi connectivity index (χ3v) is 4.23. The number of carbonyl (C=O) groups is 2. The predicted octanol–water partition coefficient (Wildman–Crippen LogP) is 2.84. The molecule has 1 N–H and O–H groups in total. The van der Waals surface area contributed by atoms with Crippen LogP contribution >= 0.6 is 0 Å². The van der Waals surface area contributed by atoms with Gasteiger partial charge >= 0.3 is 6.03 Å². The fourth-order valence-corrected chi connectivity index (χ4v) is 2.79. The van der Waals surface area contributed by atoms with Crippen LogP contribution in [0.25, 0.3) is 0 Å². The van der Waals surface area contributed by atoms with Gasteiger partial charge in [0.25, 0.3) is 11.6 Å². The Balaban J connectivity index is 1.90. The smallest absolute Gasteiger partial charge is 0.319 e. The molecule has 0 spiro atoms. The summed E-state index contributed by atoms with van der Waals surface area (Å²) in [4.78, 5) is 36.1. The molecule has 7 nitrogen and oxygen atoms in total. The largest absolute Gasteiger partial charge is 0.325 e. The first-order chi connectivity index (χ1) is 12.2. The van der Waals surface area contributed by atoms with Crippen LogP contribution < -0.4 is 5.32 Å². The van der Waals surface area contributed by atoms with Crippen LogP contribution in [-0.4, -0.2) is 21.8 Å². The lowest BCUT2D eigenvalue weighted by molar-refractivity contribution is -0.384. The quantitative estimate of drug-likeness (QED) is 0.515. The van der Waals surface area contributed by atoms with Gasteiger partial charge in [0.15, 0.2) is 11.6 Å². The van der Waals surface area contributed by atoms with Crippen LogP contribution in [0.5, 0.6) is 0 Å². The summed E-state index contributed by atoms with van der Waals surface area (Å²) in [5, 5.41) is 13.3. The molecule has 2 aromatic rings. The molecule has 1 aliphatic rings. The molecule has 0 bridgehead atoms. The Bertz CT molecular complexity index is 934. The first kappa shape index (κ1) is 17.5. The number of nitrogens with zero attached hydrogens (tertiary/aromatic N) is 2. The molecule has 1 aliphatic heterocycles. The van der Waals surface area contributed by atoms with Crippen molar-refractivity contribution >= 4 is 17.6 Å². The van der Waals surface area contributed by atoms with Crippen molar-refractivity contribution in [2.24, 2.45) is 0 Å². The van der Waals surface area contributed by atoms with Gasteiger partial charge < -0.3 is 5.32 Å². The van der Waals surface area contributed by atoms with Crippen LogP contribution in [0.15, 0.2) is 42.5 Å². The fourth-order valence-electron chi connectivity index (χ4n) is 2.79. The number of rotatable bonds is 4. The Labute approximate surface area is 146 Å². The lowest BCUT2D eigenvalue weighted by Crippen LogP contribution is -2.41. The summed E-state index contributed by atoms with van der Waals surface area (Å²) in [5.41, 5.74) is -1.25. The van der Waals surface area contributed by atoms with E-state index in [1.165, 1.54) is 31.2 Å². The molecule has 0 aliphatic carbocycles. The highest BCUT2D eigenvalue weighted by molar-refractivity contribution is 6.07. The Hall–Kier alpha value is -3.36. The van der Waals surface area contributed by atoms with E-state index in [4.69, 9.17) is 0 Å².